The van der Waals surface area contributed by atoms with Gasteiger partial charge in [-0.3, -0.25) is 0 Å². The number of aliphatic hydroxyl groups excluding tert-OH is 1. The fourth-order valence-corrected chi connectivity index (χ4v) is 1.96. The first kappa shape index (κ1) is 10.1. The molecule has 1 atom stereocenters. The third-order valence-electron chi connectivity index (χ3n) is 2.82. The molecule has 0 amide bonds. The van der Waals surface area contributed by atoms with Gasteiger partial charge in [0.2, 0.25) is 0 Å². The fourth-order valence-electron chi connectivity index (χ4n) is 1.96. The lowest BCUT2D eigenvalue weighted by Gasteiger charge is -2.03. The molecular formula is C15H12O2. The summed E-state index contributed by atoms with van der Waals surface area (Å²) in [5.41, 5.74) is 1.85. The van der Waals surface area contributed by atoms with Gasteiger partial charge in [0, 0.05) is 5.56 Å². The van der Waals surface area contributed by atoms with Gasteiger partial charge >= 0.3 is 0 Å². The van der Waals surface area contributed by atoms with Gasteiger partial charge in [0.05, 0.1) is 0 Å². The zero-order chi connectivity index (χ0) is 11.7. The molecule has 2 heteroatoms. The highest BCUT2D eigenvalue weighted by Crippen LogP contribution is 2.39. The lowest BCUT2D eigenvalue weighted by atomic mass is 10.1. The molecular weight excluding hydrogens is 212 g/mol. The molecule has 0 spiro atoms. The molecule has 0 radical (unpaired) electrons. The quantitative estimate of drug-likeness (QED) is 0.806. The van der Waals surface area contributed by atoms with Crippen LogP contribution in [0.1, 0.15) is 17.2 Å². The second kappa shape index (κ2) is 4.07. The first-order chi connectivity index (χ1) is 8.34. The van der Waals surface area contributed by atoms with E-state index in [4.69, 9.17) is 4.74 Å². The fraction of sp³-hybridized carbons (Fsp3) is 0.0667. The minimum atomic E-state index is -0.661. The van der Waals surface area contributed by atoms with Gasteiger partial charge in [0.25, 0.3) is 0 Å². The van der Waals surface area contributed by atoms with Gasteiger partial charge in [-0.1, -0.05) is 48.5 Å². The Balaban J connectivity index is 1.97. The van der Waals surface area contributed by atoms with Crippen molar-refractivity contribution in [2.24, 2.45) is 0 Å². The Hall–Kier alpha value is -2.06. The molecule has 2 aromatic carbocycles. The summed E-state index contributed by atoms with van der Waals surface area (Å²) in [6.07, 6.45) is 1.21. The average Bonchev–Trinajstić information content (AvgIpc) is 2.68. The lowest BCUT2D eigenvalue weighted by Crippen LogP contribution is -1.96. The smallest absolute Gasteiger partial charge is 0.140 e. The molecule has 0 aliphatic carbocycles. The Bertz CT molecular complexity index is 558. The van der Waals surface area contributed by atoms with Crippen molar-refractivity contribution in [2.75, 3.05) is 0 Å². The highest BCUT2D eigenvalue weighted by atomic mass is 16.5. The third-order valence-corrected chi connectivity index (χ3v) is 2.82. The molecule has 3 rings (SSSR count). The highest BCUT2D eigenvalue weighted by molar-refractivity contribution is 5.57. The summed E-state index contributed by atoms with van der Waals surface area (Å²) in [6.45, 7) is 0. The van der Waals surface area contributed by atoms with Crippen molar-refractivity contribution in [3.05, 3.63) is 71.5 Å². The Morgan fingerprint density at radius 3 is 2.41 bits per heavy atom. The molecule has 0 saturated carbocycles. The Morgan fingerprint density at radius 1 is 0.941 bits per heavy atom. The van der Waals surface area contributed by atoms with E-state index in [1.165, 1.54) is 0 Å². The van der Waals surface area contributed by atoms with Crippen LogP contribution >= 0.6 is 0 Å². The van der Waals surface area contributed by atoms with E-state index in [1.54, 1.807) is 0 Å². The number of para-hydroxylation sites is 1. The molecule has 0 aromatic heterocycles. The first-order valence-corrected chi connectivity index (χ1v) is 5.56. The number of fused-ring (bicyclic) bond motifs is 1. The molecule has 1 aliphatic heterocycles. The molecule has 2 aromatic rings. The highest BCUT2D eigenvalue weighted by Gasteiger charge is 2.26. The van der Waals surface area contributed by atoms with E-state index in [2.05, 4.69) is 0 Å². The van der Waals surface area contributed by atoms with Crippen LogP contribution < -0.4 is 4.74 Å². The van der Waals surface area contributed by atoms with E-state index in [0.717, 1.165) is 16.9 Å². The van der Waals surface area contributed by atoms with Gasteiger partial charge in [0.1, 0.15) is 17.6 Å². The van der Waals surface area contributed by atoms with Gasteiger partial charge in [-0.25, -0.2) is 0 Å². The summed E-state index contributed by atoms with van der Waals surface area (Å²) < 4.78 is 5.63. The van der Waals surface area contributed by atoms with Crippen LogP contribution in [0.25, 0.3) is 6.08 Å². The number of aliphatic hydroxyl groups is 1. The molecule has 0 bridgehead atoms. The van der Waals surface area contributed by atoms with Gasteiger partial charge in [0.15, 0.2) is 0 Å². The van der Waals surface area contributed by atoms with Crippen LogP contribution in [0.5, 0.6) is 5.75 Å². The standard InChI is InChI=1S/C15H12O2/c16-15-12-8-4-5-9-13(12)17-14(15)10-11-6-2-1-3-7-11/h1-10,15-16H/b14-10-. The summed E-state index contributed by atoms with van der Waals surface area (Å²) in [5, 5.41) is 10.1. The van der Waals surface area contributed by atoms with Gasteiger partial charge in [-0.05, 0) is 17.7 Å². The van der Waals surface area contributed by atoms with Crippen LogP contribution in [0.4, 0.5) is 0 Å². The molecule has 0 saturated heterocycles. The zero-order valence-corrected chi connectivity index (χ0v) is 9.21. The van der Waals surface area contributed by atoms with Gasteiger partial charge in [-0.15, -0.1) is 0 Å². The second-order valence-corrected chi connectivity index (χ2v) is 4.00. The third kappa shape index (κ3) is 1.83. The zero-order valence-electron chi connectivity index (χ0n) is 9.21. The van der Waals surface area contributed by atoms with Crippen molar-refractivity contribution in [2.45, 2.75) is 6.10 Å². The van der Waals surface area contributed by atoms with Crippen molar-refractivity contribution >= 4 is 6.08 Å². The number of ether oxygens (including phenoxy) is 1. The minimum Gasteiger partial charge on any atom is -0.458 e. The topological polar surface area (TPSA) is 29.5 Å². The summed E-state index contributed by atoms with van der Waals surface area (Å²) >= 11 is 0. The maximum Gasteiger partial charge on any atom is 0.140 e. The molecule has 2 nitrogen and oxygen atoms in total. The second-order valence-electron chi connectivity index (χ2n) is 4.00. The van der Waals surface area contributed by atoms with Crippen LogP contribution in [-0.4, -0.2) is 5.11 Å². The largest absolute Gasteiger partial charge is 0.458 e. The number of hydrogen-bond donors (Lipinski definition) is 1. The van der Waals surface area contributed by atoms with E-state index in [0.29, 0.717) is 5.76 Å². The monoisotopic (exact) mass is 224 g/mol. The van der Waals surface area contributed by atoms with Crippen LogP contribution in [0, 0.1) is 0 Å². The minimum absolute atomic E-state index is 0.581. The van der Waals surface area contributed by atoms with E-state index < -0.39 is 6.10 Å². The van der Waals surface area contributed by atoms with Gasteiger partial charge < -0.3 is 9.84 Å². The van der Waals surface area contributed by atoms with E-state index in [9.17, 15) is 5.11 Å². The summed E-state index contributed by atoms with van der Waals surface area (Å²) in [6, 6.07) is 17.4. The van der Waals surface area contributed by atoms with Crippen LogP contribution in [0.15, 0.2) is 60.4 Å². The molecule has 1 N–H and O–H groups in total. The molecule has 1 aliphatic rings. The van der Waals surface area contributed by atoms with E-state index >= 15 is 0 Å². The SMILES string of the molecule is OC1/C(=C/c2ccccc2)Oc2ccccc21. The maximum absolute atomic E-state index is 10.1. The van der Waals surface area contributed by atoms with Crippen LogP contribution in [0.2, 0.25) is 0 Å². The Morgan fingerprint density at radius 2 is 1.65 bits per heavy atom. The first-order valence-electron chi connectivity index (χ1n) is 5.56. The number of benzene rings is 2. The average molecular weight is 224 g/mol. The molecule has 84 valence electrons. The lowest BCUT2D eigenvalue weighted by molar-refractivity contribution is 0.193. The summed E-state index contributed by atoms with van der Waals surface area (Å²) in [7, 11) is 0. The molecule has 0 fully saturated rings. The number of hydrogen-bond acceptors (Lipinski definition) is 2. The van der Waals surface area contributed by atoms with Crippen molar-refractivity contribution < 1.29 is 9.84 Å². The maximum atomic E-state index is 10.1. The van der Waals surface area contributed by atoms with Crippen LogP contribution in [0.3, 0.4) is 0 Å². The predicted octanol–water partition coefficient (Wildman–Crippen LogP) is 3.15. The molecule has 1 heterocycles. The predicted molar refractivity (Wildman–Crippen MR) is 66.4 cm³/mol. The van der Waals surface area contributed by atoms with Gasteiger partial charge in [-0.2, -0.15) is 0 Å². The Labute approximate surface area is 99.8 Å². The van der Waals surface area contributed by atoms with Crippen molar-refractivity contribution in [3.63, 3.8) is 0 Å². The van der Waals surface area contributed by atoms with E-state index in [1.807, 2.05) is 60.7 Å². The van der Waals surface area contributed by atoms with Crippen LogP contribution in [-0.2, 0) is 0 Å². The Kier molecular flexibility index (Phi) is 2.42. The van der Waals surface area contributed by atoms with Crippen molar-refractivity contribution in [1.29, 1.82) is 0 Å². The summed E-state index contributed by atoms with van der Waals surface area (Å²) in [5.74, 6) is 1.32. The molecule has 17 heavy (non-hydrogen) atoms. The van der Waals surface area contributed by atoms with Crippen molar-refractivity contribution in [3.8, 4) is 5.75 Å². The van der Waals surface area contributed by atoms with Crippen molar-refractivity contribution in [1.82, 2.24) is 0 Å². The molecule has 1 unspecified atom stereocenters. The van der Waals surface area contributed by atoms with E-state index in [-0.39, 0.29) is 0 Å². The number of rotatable bonds is 1. The normalized spacial score (nSPS) is 20.1. The summed E-state index contributed by atoms with van der Waals surface area (Å²) in [4.78, 5) is 0.